The Hall–Kier alpha value is -0.920. The Morgan fingerprint density at radius 2 is 1.50 bits per heavy atom. The molecular formula is C18H30N2. The van der Waals surface area contributed by atoms with E-state index in [-0.39, 0.29) is 0 Å². The fourth-order valence-corrected chi connectivity index (χ4v) is 3.29. The molecule has 0 radical (unpaired) electrons. The van der Waals surface area contributed by atoms with Gasteiger partial charge in [0, 0.05) is 11.9 Å². The van der Waals surface area contributed by atoms with Gasteiger partial charge in [-0.2, -0.15) is 0 Å². The molecule has 1 aliphatic carbocycles. The molecule has 112 valence electrons. The van der Waals surface area contributed by atoms with Crippen molar-refractivity contribution in [3.05, 3.63) is 23.8 Å². The van der Waals surface area contributed by atoms with Crippen molar-refractivity contribution in [2.24, 2.45) is 5.41 Å². The summed E-state index contributed by atoms with van der Waals surface area (Å²) in [6.07, 6.45) is 18.2. The fraction of sp³-hybridized carbons (Fsp3) is 0.778. The van der Waals surface area contributed by atoms with Crippen LogP contribution in [0.2, 0.25) is 0 Å². The summed E-state index contributed by atoms with van der Waals surface area (Å²) < 4.78 is 0. The highest BCUT2D eigenvalue weighted by Crippen LogP contribution is 2.30. The second-order valence-electron chi connectivity index (χ2n) is 7.13. The van der Waals surface area contributed by atoms with Gasteiger partial charge in [0.05, 0.1) is 0 Å². The maximum absolute atomic E-state index is 4.51. The molecule has 0 aliphatic heterocycles. The third-order valence-corrected chi connectivity index (χ3v) is 4.70. The maximum Gasteiger partial charge on any atom is 0.115 e. The van der Waals surface area contributed by atoms with Gasteiger partial charge in [-0.1, -0.05) is 46.0 Å². The van der Waals surface area contributed by atoms with Crippen LogP contribution in [0.1, 0.15) is 82.9 Å². The molecule has 0 aromatic carbocycles. The van der Waals surface area contributed by atoms with Gasteiger partial charge in [-0.05, 0) is 49.5 Å². The van der Waals surface area contributed by atoms with Crippen molar-refractivity contribution in [2.45, 2.75) is 84.5 Å². The van der Waals surface area contributed by atoms with Crippen LogP contribution in [-0.2, 0) is 12.8 Å². The van der Waals surface area contributed by atoms with Crippen LogP contribution in [0.3, 0.4) is 0 Å². The van der Waals surface area contributed by atoms with Gasteiger partial charge in [0.25, 0.3) is 0 Å². The largest absolute Gasteiger partial charge is 0.245 e. The van der Waals surface area contributed by atoms with E-state index in [1.54, 1.807) is 6.33 Å². The van der Waals surface area contributed by atoms with Crippen molar-refractivity contribution < 1.29 is 0 Å². The quantitative estimate of drug-likeness (QED) is 0.657. The Morgan fingerprint density at radius 3 is 2.30 bits per heavy atom. The van der Waals surface area contributed by atoms with Crippen molar-refractivity contribution in [1.29, 1.82) is 0 Å². The lowest BCUT2D eigenvalue weighted by atomic mass is 9.81. The maximum atomic E-state index is 4.51. The van der Waals surface area contributed by atoms with Crippen molar-refractivity contribution in [1.82, 2.24) is 9.97 Å². The number of aryl methyl sites for hydroxylation is 2. The van der Waals surface area contributed by atoms with Crippen molar-refractivity contribution in [3.63, 3.8) is 0 Å². The van der Waals surface area contributed by atoms with E-state index < -0.39 is 0 Å². The van der Waals surface area contributed by atoms with Crippen molar-refractivity contribution in [2.75, 3.05) is 0 Å². The molecule has 0 atom stereocenters. The molecule has 0 bridgehead atoms. The highest BCUT2D eigenvalue weighted by Gasteiger charge is 2.17. The van der Waals surface area contributed by atoms with Crippen molar-refractivity contribution in [3.8, 4) is 0 Å². The number of aromatic nitrogens is 2. The SMILES string of the molecule is CC1(C)CCCCCCc2cncnc2CCCCC1. The van der Waals surface area contributed by atoms with E-state index in [0.717, 1.165) is 6.42 Å². The summed E-state index contributed by atoms with van der Waals surface area (Å²) in [7, 11) is 0. The van der Waals surface area contributed by atoms with Crippen LogP contribution in [0.5, 0.6) is 0 Å². The number of nitrogens with zero attached hydrogens (tertiary/aromatic N) is 2. The van der Waals surface area contributed by atoms with E-state index in [1.165, 1.54) is 75.5 Å². The number of hydrogen-bond donors (Lipinski definition) is 0. The minimum atomic E-state index is 0.546. The molecule has 0 fully saturated rings. The molecule has 0 amide bonds. The molecule has 0 unspecified atom stereocenters. The molecule has 1 aromatic heterocycles. The zero-order valence-corrected chi connectivity index (χ0v) is 13.3. The first-order chi connectivity index (χ1) is 9.67. The minimum absolute atomic E-state index is 0.546. The second-order valence-corrected chi connectivity index (χ2v) is 7.13. The van der Waals surface area contributed by atoms with Gasteiger partial charge >= 0.3 is 0 Å². The van der Waals surface area contributed by atoms with E-state index in [1.807, 2.05) is 6.20 Å². The number of fused-ring (bicyclic) bond motifs is 1. The standard InChI is InChI=1S/C18H30N2/c1-18(2)12-8-4-3-6-10-16-14-19-15-20-17(16)11-7-5-9-13-18/h14-15H,3-13H2,1-2H3. The van der Waals surface area contributed by atoms with Gasteiger partial charge in [-0.25, -0.2) is 9.97 Å². The van der Waals surface area contributed by atoms with Gasteiger partial charge < -0.3 is 0 Å². The molecule has 1 aliphatic rings. The van der Waals surface area contributed by atoms with Crippen LogP contribution < -0.4 is 0 Å². The predicted molar refractivity (Wildman–Crippen MR) is 84.8 cm³/mol. The predicted octanol–water partition coefficient (Wildman–Crippen LogP) is 5.11. The smallest absolute Gasteiger partial charge is 0.115 e. The Morgan fingerprint density at radius 1 is 0.850 bits per heavy atom. The lowest BCUT2D eigenvalue weighted by molar-refractivity contribution is 0.282. The molecule has 0 spiro atoms. The summed E-state index contributed by atoms with van der Waals surface area (Å²) in [4.78, 5) is 8.71. The Balaban J connectivity index is 1.94. The van der Waals surface area contributed by atoms with Crippen LogP contribution in [0.4, 0.5) is 0 Å². The molecule has 0 saturated heterocycles. The first kappa shape index (κ1) is 15.5. The summed E-state index contributed by atoms with van der Waals surface area (Å²) in [5.41, 5.74) is 3.24. The molecular weight excluding hydrogens is 244 g/mol. The molecule has 1 aromatic rings. The summed E-state index contributed by atoms with van der Waals surface area (Å²) in [5.74, 6) is 0. The molecule has 20 heavy (non-hydrogen) atoms. The average Bonchev–Trinajstić information content (AvgIpc) is 2.43. The zero-order chi connectivity index (χ0) is 14.3. The Labute approximate surface area is 124 Å². The first-order valence-electron chi connectivity index (χ1n) is 8.45. The van der Waals surface area contributed by atoms with Crippen LogP contribution in [0.15, 0.2) is 12.5 Å². The lowest BCUT2D eigenvalue weighted by Crippen LogP contribution is -2.11. The van der Waals surface area contributed by atoms with Gasteiger partial charge in [-0.15, -0.1) is 0 Å². The van der Waals surface area contributed by atoms with E-state index in [4.69, 9.17) is 0 Å². The van der Waals surface area contributed by atoms with Gasteiger partial charge in [0.2, 0.25) is 0 Å². The van der Waals surface area contributed by atoms with E-state index in [2.05, 4.69) is 23.8 Å². The molecule has 1 heterocycles. The molecule has 2 heteroatoms. The molecule has 2 rings (SSSR count). The van der Waals surface area contributed by atoms with Crippen molar-refractivity contribution >= 4 is 0 Å². The van der Waals surface area contributed by atoms with Crippen LogP contribution >= 0.6 is 0 Å². The third kappa shape index (κ3) is 5.22. The first-order valence-corrected chi connectivity index (χ1v) is 8.45. The Kier molecular flexibility index (Phi) is 6.00. The second kappa shape index (κ2) is 7.75. The monoisotopic (exact) mass is 274 g/mol. The van der Waals surface area contributed by atoms with E-state index in [0.29, 0.717) is 5.41 Å². The van der Waals surface area contributed by atoms with Crippen LogP contribution in [0, 0.1) is 5.41 Å². The highest BCUT2D eigenvalue weighted by molar-refractivity contribution is 5.16. The highest BCUT2D eigenvalue weighted by atomic mass is 14.8. The van der Waals surface area contributed by atoms with Gasteiger partial charge in [0.1, 0.15) is 6.33 Å². The Bertz CT molecular complexity index is 398. The molecule has 2 nitrogen and oxygen atoms in total. The number of hydrogen-bond acceptors (Lipinski definition) is 2. The topological polar surface area (TPSA) is 25.8 Å². The summed E-state index contributed by atoms with van der Waals surface area (Å²) in [6, 6.07) is 0. The summed E-state index contributed by atoms with van der Waals surface area (Å²) in [6.45, 7) is 4.89. The lowest BCUT2D eigenvalue weighted by Gasteiger charge is -2.24. The summed E-state index contributed by atoms with van der Waals surface area (Å²) >= 11 is 0. The van der Waals surface area contributed by atoms with Crippen LogP contribution in [-0.4, -0.2) is 9.97 Å². The van der Waals surface area contributed by atoms with E-state index in [9.17, 15) is 0 Å². The minimum Gasteiger partial charge on any atom is -0.245 e. The molecule has 0 saturated carbocycles. The summed E-state index contributed by atoms with van der Waals surface area (Å²) in [5, 5.41) is 0. The van der Waals surface area contributed by atoms with Gasteiger partial charge in [0.15, 0.2) is 0 Å². The van der Waals surface area contributed by atoms with E-state index >= 15 is 0 Å². The van der Waals surface area contributed by atoms with Crippen LogP contribution in [0.25, 0.3) is 0 Å². The third-order valence-electron chi connectivity index (χ3n) is 4.70. The fourth-order valence-electron chi connectivity index (χ4n) is 3.29. The normalized spacial score (nSPS) is 21.7. The average molecular weight is 274 g/mol. The zero-order valence-electron chi connectivity index (χ0n) is 13.3. The van der Waals surface area contributed by atoms with Gasteiger partial charge in [-0.3, -0.25) is 0 Å². The molecule has 0 N–H and O–H groups in total. The number of rotatable bonds is 0.